The number of nitro groups is 1. The predicted octanol–water partition coefficient (Wildman–Crippen LogP) is 0.651. The molecule has 1 aliphatic heterocycles. The summed E-state index contributed by atoms with van der Waals surface area (Å²) >= 11 is 0. The van der Waals surface area contributed by atoms with Gasteiger partial charge in [-0.3, -0.25) is 10.1 Å². The Morgan fingerprint density at radius 3 is 2.04 bits per heavy atom. The van der Waals surface area contributed by atoms with Crippen LogP contribution < -0.4 is 4.90 Å². The Balaban J connectivity index is 1.41. The van der Waals surface area contributed by atoms with Gasteiger partial charge in [-0.25, -0.2) is 8.42 Å². The van der Waals surface area contributed by atoms with Crippen LogP contribution in [0, 0.1) is 10.1 Å². The number of benzene rings is 2. The highest BCUT2D eigenvalue weighted by atomic mass is 32.2. The highest BCUT2D eigenvalue weighted by Gasteiger charge is 2.36. The number of hydrogen-bond donors (Lipinski definition) is 1. The number of piperazine rings is 1. The molecule has 8 heteroatoms. The smallest absolute Gasteiger partial charge is 0.269 e. The summed E-state index contributed by atoms with van der Waals surface area (Å²) in [5.41, 5.74) is 2.72. The van der Waals surface area contributed by atoms with Gasteiger partial charge in [-0.05, 0) is 23.3 Å². The highest BCUT2D eigenvalue weighted by Crippen LogP contribution is 2.22. The number of rotatable bonds is 4. The van der Waals surface area contributed by atoms with Crippen LogP contribution in [0.4, 0.5) is 5.69 Å². The number of nitrogens with one attached hydrogen (secondary N) is 1. The molecule has 0 spiro atoms. The van der Waals surface area contributed by atoms with Crippen molar-refractivity contribution in [1.29, 1.82) is 0 Å². The van der Waals surface area contributed by atoms with Gasteiger partial charge < -0.3 is 4.90 Å². The van der Waals surface area contributed by atoms with E-state index in [4.69, 9.17) is 0 Å². The summed E-state index contributed by atoms with van der Waals surface area (Å²) < 4.78 is 27.1. The second kappa shape index (κ2) is 7.03. The molecule has 0 unspecified atom stereocenters. The summed E-state index contributed by atoms with van der Waals surface area (Å²) in [6.07, 6.45) is 2.11. The van der Waals surface area contributed by atoms with E-state index in [2.05, 4.69) is 24.3 Å². The lowest BCUT2D eigenvalue weighted by Gasteiger charge is -2.34. The number of hydrogen-bond acceptors (Lipinski definition) is 4. The predicted molar refractivity (Wildman–Crippen MR) is 100 cm³/mol. The lowest BCUT2D eigenvalue weighted by atomic mass is 10.1. The number of nitrogens with zero attached hydrogens (tertiary/aromatic N) is 2. The molecular formula is C19H22N3O4S+. The molecule has 2 aromatic carbocycles. The molecule has 2 aliphatic rings. The van der Waals surface area contributed by atoms with Crippen LogP contribution in [0.3, 0.4) is 0 Å². The van der Waals surface area contributed by atoms with Crippen LogP contribution in [0.15, 0.2) is 53.4 Å². The molecule has 142 valence electrons. The molecule has 4 rings (SSSR count). The van der Waals surface area contributed by atoms with Gasteiger partial charge in [-0.2, -0.15) is 4.31 Å². The zero-order valence-electron chi connectivity index (χ0n) is 14.9. The van der Waals surface area contributed by atoms with Crippen molar-refractivity contribution in [2.45, 2.75) is 23.8 Å². The fourth-order valence-corrected chi connectivity index (χ4v) is 5.60. The SMILES string of the molecule is O=[N+]([O-])c1ccc(S(=O)(=O)N2CC[NH+](C3Cc4ccccc4C3)CC2)cc1. The first kappa shape index (κ1) is 18.1. The van der Waals surface area contributed by atoms with E-state index in [9.17, 15) is 18.5 Å². The monoisotopic (exact) mass is 388 g/mol. The summed E-state index contributed by atoms with van der Waals surface area (Å²) in [5, 5.41) is 10.8. The second-order valence-electron chi connectivity index (χ2n) is 7.19. The minimum Gasteiger partial charge on any atom is -0.330 e. The molecule has 0 aromatic heterocycles. The first-order valence-corrected chi connectivity index (χ1v) is 10.5. The van der Waals surface area contributed by atoms with Gasteiger partial charge in [0.15, 0.2) is 0 Å². The molecule has 1 saturated heterocycles. The molecule has 0 saturated carbocycles. The van der Waals surface area contributed by atoms with Crippen LogP contribution in [0.5, 0.6) is 0 Å². The van der Waals surface area contributed by atoms with Crippen molar-refractivity contribution in [3.05, 3.63) is 69.8 Å². The number of sulfonamides is 1. The minimum atomic E-state index is -3.61. The van der Waals surface area contributed by atoms with Crippen LogP contribution in [0.25, 0.3) is 0 Å². The van der Waals surface area contributed by atoms with Gasteiger partial charge in [0.25, 0.3) is 5.69 Å². The molecule has 2 aromatic rings. The zero-order chi connectivity index (χ0) is 19.0. The van der Waals surface area contributed by atoms with Gasteiger partial charge in [0.1, 0.15) is 0 Å². The molecule has 27 heavy (non-hydrogen) atoms. The Morgan fingerprint density at radius 1 is 0.963 bits per heavy atom. The molecule has 1 N–H and O–H groups in total. The molecule has 1 heterocycles. The summed E-state index contributed by atoms with van der Waals surface area (Å²) in [7, 11) is -3.61. The highest BCUT2D eigenvalue weighted by molar-refractivity contribution is 7.89. The molecule has 0 bridgehead atoms. The number of nitro benzene ring substituents is 1. The average Bonchev–Trinajstić information content (AvgIpc) is 3.12. The van der Waals surface area contributed by atoms with Crippen LogP contribution in [-0.4, -0.2) is 49.9 Å². The third-order valence-electron chi connectivity index (χ3n) is 5.68. The van der Waals surface area contributed by atoms with Gasteiger partial charge in [0.2, 0.25) is 10.0 Å². The van der Waals surface area contributed by atoms with E-state index in [-0.39, 0.29) is 10.6 Å². The lowest BCUT2D eigenvalue weighted by Crippen LogP contribution is -3.18. The van der Waals surface area contributed by atoms with Crippen molar-refractivity contribution < 1.29 is 18.2 Å². The molecule has 0 radical (unpaired) electrons. The Kier molecular flexibility index (Phi) is 4.71. The fourth-order valence-electron chi connectivity index (χ4n) is 4.16. The molecule has 7 nitrogen and oxygen atoms in total. The quantitative estimate of drug-likeness (QED) is 0.616. The normalized spacial score (nSPS) is 19.1. The van der Waals surface area contributed by atoms with Gasteiger partial charge in [0.05, 0.1) is 42.0 Å². The summed E-state index contributed by atoms with van der Waals surface area (Å²) in [4.78, 5) is 11.8. The van der Waals surface area contributed by atoms with Crippen molar-refractivity contribution in [3.63, 3.8) is 0 Å². The van der Waals surface area contributed by atoms with E-state index < -0.39 is 14.9 Å². The fraction of sp³-hybridized carbons (Fsp3) is 0.368. The molecule has 1 fully saturated rings. The van der Waals surface area contributed by atoms with Crippen LogP contribution in [0.1, 0.15) is 11.1 Å². The van der Waals surface area contributed by atoms with E-state index >= 15 is 0 Å². The lowest BCUT2D eigenvalue weighted by molar-refractivity contribution is -0.927. The summed E-state index contributed by atoms with van der Waals surface area (Å²) in [6, 6.07) is 14.2. The average molecular weight is 388 g/mol. The second-order valence-corrected chi connectivity index (χ2v) is 9.13. The van der Waals surface area contributed by atoms with E-state index in [0.717, 1.165) is 25.9 Å². The van der Waals surface area contributed by atoms with E-state index in [0.29, 0.717) is 19.1 Å². The number of fused-ring (bicyclic) bond motifs is 1. The summed E-state index contributed by atoms with van der Waals surface area (Å²) in [6.45, 7) is 2.51. The van der Waals surface area contributed by atoms with E-state index in [1.165, 1.54) is 44.6 Å². The molecule has 0 atom stereocenters. The number of non-ortho nitro benzene ring substituents is 1. The van der Waals surface area contributed by atoms with Crippen LogP contribution in [0.2, 0.25) is 0 Å². The third kappa shape index (κ3) is 3.47. The topological polar surface area (TPSA) is 85.0 Å². The number of quaternary nitrogens is 1. The van der Waals surface area contributed by atoms with E-state index in [1.54, 1.807) is 0 Å². The maximum absolute atomic E-state index is 12.8. The first-order chi connectivity index (χ1) is 12.9. The van der Waals surface area contributed by atoms with Gasteiger partial charge in [-0.1, -0.05) is 24.3 Å². The van der Waals surface area contributed by atoms with Crippen LogP contribution in [-0.2, 0) is 22.9 Å². The summed E-state index contributed by atoms with van der Waals surface area (Å²) in [5.74, 6) is 0. The maximum atomic E-state index is 12.8. The van der Waals surface area contributed by atoms with Crippen molar-refractivity contribution >= 4 is 15.7 Å². The largest absolute Gasteiger partial charge is 0.330 e. The van der Waals surface area contributed by atoms with Crippen molar-refractivity contribution in [1.82, 2.24) is 4.31 Å². The Bertz CT molecular complexity index is 926. The minimum absolute atomic E-state index is 0.107. The third-order valence-corrected chi connectivity index (χ3v) is 7.59. The van der Waals surface area contributed by atoms with Gasteiger partial charge in [-0.15, -0.1) is 0 Å². The molecular weight excluding hydrogens is 366 g/mol. The maximum Gasteiger partial charge on any atom is 0.269 e. The standard InChI is InChI=1S/C19H21N3O4S/c23-22(24)17-5-7-19(8-6-17)27(25,26)21-11-9-20(10-12-21)18-13-15-3-1-2-4-16(15)14-18/h1-8,18H,9-14H2/p+1. The Morgan fingerprint density at radius 2 is 1.52 bits per heavy atom. The molecule has 1 aliphatic carbocycles. The van der Waals surface area contributed by atoms with Crippen molar-refractivity contribution in [3.8, 4) is 0 Å². The first-order valence-electron chi connectivity index (χ1n) is 9.11. The van der Waals surface area contributed by atoms with Gasteiger partial charge >= 0.3 is 0 Å². The van der Waals surface area contributed by atoms with Crippen molar-refractivity contribution in [2.75, 3.05) is 26.2 Å². The zero-order valence-corrected chi connectivity index (χ0v) is 15.7. The van der Waals surface area contributed by atoms with E-state index in [1.807, 2.05) is 0 Å². The molecule has 0 amide bonds. The van der Waals surface area contributed by atoms with Gasteiger partial charge in [0, 0.05) is 25.0 Å². The van der Waals surface area contributed by atoms with Crippen molar-refractivity contribution in [2.24, 2.45) is 0 Å². The Labute approximate surface area is 158 Å². The Hall–Kier alpha value is -2.29. The van der Waals surface area contributed by atoms with Crippen LogP contribution >= 0.6 is 0 Å².